The lowest BCUT2D eigenvalue weighted by atomic mass is 10.2. The maximum absolute atomic E-state index is 12.8. The molecule has 0 bridgehead atoms. The molecule has 2 aromatic carbocycles. The number of carboxylic acids is 1. The molecule has 1 aromatic heterocycles. The Morgan fingerprint density at radius 1 is 1.07 bits per heavy atom. The van der Waals surface area contributed by atoms with Gasteiger partial charge in [-0.15, -0.1) is 11.8 Å². The highest BCUT2D eigenvalue weighted by molar-refractivity contribution is 8.00. The fourth-order valence-corrected chi connectivity index (χ4v) is 3.64. The molecule has 0 radical (unpaired) electrons. The summed E-state index contributed by atoms with van der Waals surface area (Å²) in [5.74, 6) is -1.44. The van der Waals surface area contributed by atoms with Gasteiger partial charge < -0.3 is 10.4 Å². The highest BCUT2D eigenvalue weighted by Gasteiger charge is 2.18. The van der Waals surface area contributed by atoms with E-state index in [0.29, 0.717) is 16.3 Å². The Bertz CT molecular complexity index is 1090. The zero-order valence-corrected chi connectivity index (χ0v) is 16.2. The summed E-state index contributed by atoms with van der Waals surface area (Å²) in [6.45, 7) is 1.75. The number of carbonyl (C=O) groups is 2. The Morgan fingerprint density at radius 2 is 1.71 bits per heavy atom. The van der Waals surface area contributed by atoms with Gasteiger partial charge in [0.1, 0.15) is 5.69 Å². The van der Waals surface area contributed by atoms with Crippen LogP contribution in [0.1, 0.15) is 16.1 Å². The van der Waals surface area contributed by atoms with Crippen molar-refractivity contribution in [2.75, 3.05) is 11.1 Å². The highest BCUT2D eigenvalue weighted by Crippen LogP contribution is 2.23. The molecule has 3 aromatic rings. The normalized spacial score (nSPS) is 10.6. The van der Waals surface area contributed by atoms with Crippen molar-refractivity contribution in [1.29, 1.82) is 0 Å². The Balaban J connectivity index is 1.79. The standard InChI is InChI=1S/C20H19N3O4S/c1-13-18(19(25)23(22(13)2)14-8-4-3-5-9-14)21-17(24)12-28-16-11-7-6-10-15(16)20(26)27/h3-11H,12H2,1-2H3,(H,21,24)(H,26,27). The van der Waals surface area contributed by atoms with E-state index >= 15 is 0 Å². The topological polar surface area (TPSA) is 93.3 Å². The Kier molecular flexibility index (Phi) is 5.70. The Labute approximate surface area is 165 Å². The SMILES string of the molecule is Cc1c(NC(=O)CSc2ccccc2C(=O)O)c(=O)n(-c2ccccc2)n1C. The molecule has 0 aliphatic carbocycles. The summed E-state index contributed by atoms with van der Waals surface area (Å²) in [4.78, 5) is 37.0. The van der Waals surface area contributed by atoms with E-state index in [4.69, 9.17) is 0 Å². The number of carboxylic acid groups (broad SMARTS) is 1. The first kappa shape index (κ1) is 19.5. The highest BCUT2D eigenvalue weighted by atomic mass is 32.2. The largest absolute Gasteiger partial charge is 0.478 e. The number of hydrogen-bond donors (Lipinski definition) is 2. The molecule has 0 aliphatic rings. The molecule has 0 spiro atoms. The van der Waals surface area contributed by atoms with E-state index in [-0.39, 0.29) is 28.5 Å². The van der Waals surface area contributed by atoms with Gasteiger partial charge in [0.15, 0.2) is 0 Å². The van der Waals surface area contributed by atoms with Gasteiger partial charge in [-0.25, -0.2) is 9.48 Å². The molecule has 1 amide bonds. The van der Waals surface area contributed by atoms with Crippen LogP contribution in [-0.4, -0.2) is 32.1 Å². The van der Waals surface area contributed by atoms with Gasteiger partial charge in [-0.1, -0.05) is 30.3 Å². The average molecular weight is 397 g/mol. The minimum absolute atomic E-state index is 0.0105. The number of benzene rings is 2. The van der Waals surface area contributed by atoms with Crippen LogP contribution in [-0.2, 0) is 11.8 Å². The van der Waals surface area contributed by atoms with Crippen molar-refractivity contribution in [3.8, 4) is 5.69 Å². The van der Waals surface area contributed by atoms with Gasteiger partial charge in [0, 0.05) is 11.9 Å². The molecular weight excluding hydrogens is 378 g/mol. The van der Waals surface area contributed by atoms with Crippen molar-refractivity contribution in [3.63, 3.8) is 0 Å². The third kappa shape index (κ3) is 3.86. The van der Waals surface area contributed by atoms with E-state index in [2.05, 4.69) is 5.32 Å². The molecule has 0 saturated carbocycles. The average Bonchev–Trinajstić information content (AvgIpc) is 2.90. The first-order valence-corrected chi connectivity index (χ1v) is 9.47. The number of thioether (sulfide) groups is 1. The van der Waals surface area contributed by atoms with Crippen molar-refractivity contribution in [1.82, 2.24) is 9.36 Å². The lowest BCUT2D eigenvalue weighted by Gasteiger charge is -2.07. The second kappa shape index (κ2) is 8.18. The number of aromatic nitrogens is 2. The summed E-state index contributed by atoms with van der Waals surface area (Å²) >= 11 is 1.11. The molecule has 0 unspecified atom stereocenters. The molecule has 2 N–H and O–H groups in total. The summed E-state index contributed by atoms with van der Waals surface area (Å²) in [5.41, 5.74) is 1.35. The lowest BCUT2D eigenvalue weighted by molar-refractivity contribution is -0.113. The maximum atomic E-state index is 12.8. The minimum atomic E-state index is -1.05. The van der Waals surface area contributed by atoms with Crippen LogP contribution in [0, 0.1) is 6.92 Å². The van der Waals surface area contributed by atoms with Gasteiger partial charge in [-0.3, -0.25) is 14.3 Å². The van der Waals surface area contributed by atoms with Gasteiger partial charge in [-0.2, -0.15) is 0 Å². The number of nitrogens with one attached hydrogen (secondary N) is 1. The van der Waals surface area contributed by atoms with Crippen molar-refractivity contribution >= 4 is 29.3 Å². The lowest BCUT2D eigenvalue weighted by Crippen LogP contribution is -2.23. The number of aromatic carboxylic acids is 1. The number of rotatable bonds is 6. The van der Waals surface area contributed by atoms with Gasteiger partial charge in [0.2, 0.25) is 5.91 Å². The summed E-state index contributed by atoms with van der Waals surface area (Å²) in [6.07, 6.45) is 0. The summed E-state index contributed by atoms with van der Waals surface area (Å²) in [6, 6.07) is 15.6. The third-order valence-electron chi connectivity index (χ3n) is 4.29. The second-order valence-electron chi connectivity index (χ2n) is 6.07. The predicted molar refractivity (Wildman–Crippen MR) is 109 cm³/mol. The molecule has 28 heavy (non-hydrogen) atoms. The molecule has 0 atom stereocenters. The summed E-state index contributed by atoms with van der Waals surface area (Å²) in [5, 5.41) is 11.9. The predicted octanol–water partition coefficient (Wildman–Crippen LogP) is 2.91. The monoisotopic (exact) mass is 397 g/mol. The summed E-state index contributed by atoms with van der Waals surface area (Å²) in [7, 11) is 1.75. The maximum Gasteiger partial charge on any atom is 0.336 e. The van der Waals surface area contributed by atoms with Crippen molar-refractivity contribution < 1.29 is 14.7 Å². The van der Waals surface area contributed by atoms with Crippen molar-refractivity contribution in [2.45, 2.75) is 11.8 Å². The number of anilines is 1. The molecule has 3 rings (SSSR count). The summed E-state index contributed by atoms with van der Waals surface area (Å²) < 4.78 is 3.16. The number of hydrogen-bond acceptors (Lipinski definition) is 4. The third-order valence-corrected chi connectivity index (χ3v) is 5.37. The first-order chi connectivity index (χ1) is 13.4. The zero-order valence-electron chi connectivity index (χ0n) is 15.4. The Morgan fingerprint density at radius 3 is 2.39 bits per heavy atom. The molecule has 144 valence electrons. The van der Waals surface area contributed by atoms with Crippen LogP contribution >= 0.6 is 11.8 Å². The number of carbonyl (C=O) groups excluding carboxylic acids is 1. The van der Waals surface area contributed by atoms with Gasteiger partial charge in [0.05, 0.1) is 22.7 Å². The van der Waals surface area contributed by atoms with E-state index in [1.165, 1.54) is 10.7 Å². The van der Waals surface area contributed by atoms with E-state index < -0.39 is 5.97 Å². The molecule has 0 aliphatic heterocycles. The quantitative estimate of drug-likeness (QED) is 0.624. The second-order valence-corrected chi connectivity index (χ2v) is 7.09. The zero-order chi connectivity index (χ0) is 20.3. The molecule has 0 fully saturated rings. The van der Waals surface area contributed by atoms with Crippen molar-refractivity contribution in [3.05, 3.63) is 76.2 Å². The molecule has 7 nitrogen and oxygen atoms in total. The molecule has 8 heteroatoms. The Hall–Kier alpha value is -3.26. The minimum Gasteiger partial charge on any atom is -0.478 e. The fraction of sp³-hybridized carbons (Fsp3) is 0.150. The van der Waals surface area contributed by atoms with E-state index in [0.717, 1.165) is 11.8 Å². The van der Waals surface area contributed by atoms with E-state index in [1.54, 1.807) is 36.9 Å². The van der Waals surface area contributed by atoms with Crippen molar-refractivity contribution in [2.24, 2.45) is 7.05 Å². The van der Waals surface area contributed by atoms with Gasteiger partial charge in [0.25, 0.3) is 5.56 Å². The molecule has 0 saturated heterocycles. The fourth-order valence-electron chi connectivity index (χ4n) is 2.80. The number of para-hydroxylation sites is 1. The number of amides is 1. The first-order valence-electron chi connectivity index (χ1n) is 8.49. The van der Waals surface area contributed by atoms with Crippen LogP contribution < -0.4 is 10.9 Å². The van der Waals surface area contributed by atoms with Gasteiger partial charge in [-0.05, 0) is 31.2 Å². The molecule has 1 heterocycles. The van der Waals surface area contributed by atoms with Crippen LogP contribution in [0.3, 0.4) is 0 Å². The van der Waals surface area contributed by atoms with E-state index in [1.807, 2.05) is 30.3 Å². The van der Waals surface area contributed by atoms with Crippen LogP contribution in [0.5, 0.6) is 0 Å². The van der Waals surface area contributed by atoms with Crippen LogP contribution in [0.4, 0.5) is 5.69 Å². The van der Waals surface area contributed by atoms with Gasteiger partial charge >= 0.3 is 5.97 Å². The van der Waals surface area contributed by atoms with Crippen LogP contribution in [0.15, 0.2) is 64.3 Å². The smallest absolute Gasteiger partial charge is 0.336 e. The van der Waals surface area contributed by atoms with E-state index in [9.17, 15) is 19.5 Å². The molecular formula is C20H19N3O4S. The van der Waals surface area contributed by atoms with Crippen LogP contribution in [0.2, 0.25) is 0 Å². The number of nitrogens with zero attached hydrogens (tertiary/aromatic N) is 2. The van der Waals surface area contributed by atoms with Crippen LogP contribution in [0.25, 0.3) is 5.69 Å².